The number of aromatic nitrogens is 2. The van der Waals surface area contributed by atoms with Crippen molar-refractivity contribution in [2.75, 3.05) is 13.2 Å². The highest BCUT2D eigenvalue weighted by Crippen LogP contribution is 2.28. The van der Waals surface area contributed by atoms with Crippen LogP contribution >= 0.6 is 0 Å². The van der Waals surface area contributed by atoms with Gasteiger partial charge in [0.15, 0.2) is 19.0 Å². The molecule has 150 valence electrons. The minimum absolute atomic E-state index is 0.0259. The topological polar surface area (TPSA) is 127 Å². The van der Waals surface area contributed by atoms with Crippen LogP contribution in [0.5, 0.6) is 11.5 Å². The summed E-state index contributed by atoms with van der Waals surface area (Å²) in [6, 6.07) is 12.9. The molecule has 0 radical (unpaired) electrons. The Morgan fingerprint density at radius 1 is 1.10 bits per heavy atom. The maximum absolute atomic E-state index is 11.9. The number of nitro benzene ring substituents is 1. The molecule has 0 saturated carbocycles. The summed E-state index contributed by atoms with van der Waals surface area (Å²) in [6.45, 7) is 1.59. The second-order valence-corrected chi connectivity index (χ2v) is 5.62. The number of nitro groups is 1. The van der Waals surface area contributed by atoms with E-state index in [0.29, 0.717) is 23.7 Å². The molecule has 10 nitrogen and oxygen atoms in total. The van der Waals surface area contributed by atoms with Crippen molar-refractivity contribution in [2.45, 2.75) is 13.5 Å². The van der Waals surface area contributed by atoms with Crippen LogP contribution in [0.1, 0.15) is 12.8 Å². The van der Waals surface area contributed by atoms with E-state index in [9.17, 15) is 14.9 Å². The van der Waals surface area contributed by atoms with Gasteiger partial charge in [-0.2, -0.15) is 4.98 Å². The number of hydrogen-bond acceptors (Lipinski definition) is 9. The number of para-hydroxylation sites is 3. The Bertz CT molecular complexity index is 1000. The van der Waals surface area contributed by atoms with Gasteiger partial charge in [-0.25, -0.2) is 4.79 Å². The average Bonchev–Trinajstić information content (AvgIpc) is 3.20. The third-order valence-corrected chi connectivity index (χ3v) is 3.66. The fourth-order valence-corrected chi connectivity index (χ4v) is 2.41. The highest BCUT2D eigenvalue weighted by Gasteiger charge is 2.17. The molecule has 0 fully saturated rings. The quantitative estimate of drug-likeness (QED) is 0.303. The Labute approximate surface area is 165 Å². The second kappa shape index (κ2) is 9.31. The fraction of sp³-hybridized carbons (Fsp3) is 0.211. The molecule has 0 amide bonds. The van der Waals surface area contributed by atoms with E-state index in [0.717, 1.165) is 0 Å². The summed E-state index contributed by atoms with van der Waals surface area (Å²) >= 11 is 0. The first-order valence-corrected chi connectivity index (χ1v) is 8.65. The molecule has 0 aliphatic heterocycles. The Balaban J connectivity index is 1.56. The normalized spacial score (nSPS) is 10.4. The Morgan fingerprint density at radius 2 is 1.83 bits per heavy atom. The van der Waals surface area contributed by atoms with Gasteiger partial charge in [0, 0.05) is 6.07 Å². The SMILES string of the molecule is CCOc1ccccc1-c1noc(COC(=O)COc2ccccc2[N+](=O)[O-])n1. The van der Waals surface area contributed by atoms with E-state index >= 15 is 0 Å². The molecule has 29 heavy (non-hydrogen) atoms. The molecule has 0 aliphatic rings. The van der Waals surface area contributed by atoms with Crippen LogP contribution in [0.25, 0.3) is 11.4 Å². The molecule has 0 saturated heterocycles. The Hall–Kier alpha value is -3.95. The zero-order valence-electron chi connectivity index (χ0n) is 15.4. The van der Waals surface area contributed by atoms with Crippen LogP contribution in [-0.2, 0) is 16.1 Å². The molecule has 1 aromatic heterocycles. The monoisotopic (exact) mass is 399 g/mol. The summed E-state index contributed by atoms with van der Waals surface area (Å²) < 4.78 is 20.8. The van der Waals surface area contributed by atoms with Crippen LogP contribution in [0, 0.1) is 10.1 Å². The molecular weight excluding hydrogens is 382 g/mol. The van der Waals surface area contributed by atoms with Gasteiger partial charge in [0.1, 0.15) is 5.75 Å². The lowest BCUT2D eigenvalue weighted by molar-refractivity contribution is -0.385. The van der Waals surface area contributed by atoms with Crippen molar-refractivity contribution in [1.82, 2.24) is 10.1 Å². The molecule has 0 unspecified atom stereocenters. The standard InChI is InChI=1S/C19H17N3O7/c1-2-26-15-9-5-3-7-13(15)19-20-17(29-21-19)11-28-18(23)12-27-16-10-6-4-8-14(16)22(24)25/h3-10H,2,11-12H2,1H3. The maximum atomic E-state index is 11.9. The number of nitrogens with zero attached hydrogens (tertiary/aromatic N) is 3. The zero-order valence-corrected chi connectivity index (χ0v) is 15.4. The first kappa shape index (κ1) is 19.8. The summed E-state index contributed by atoms with van der Waals surface area (Å²) in [5, 5.41) is 14.8. The summed E-state index contributed by atoms with van der Waals surface area (Å²) in [5.41, 5.74) is 0.408. The van der Waals surface area contributed by atoms with E-state index < -0.39 is 17.5 Å². The van der Waals surface area contributed by atoms with Crippen LogP contribution in [-0.4, -0.2) is 34.2 Å². The second-order valence-electron chi connectivity index (χ2n) is 5.62. The minimum atomic E-state index is -0.738. The van der Waals surface area contributed by atoms with Gasteiger partial charge in [0.25, 0.3) is 5.89 Å². The summed E-state index contributed by atoms with van der Waals surface area (Å²) in [4.78, 5) is 26.4. The average molecular weight is 399 g/mol. The molecule has 0 aliphatic carbocycles. The van der Waals surface area contributed by atoms with E-state index in [-0.39, 0.29) is 23.9 Å². The van der Waals surface area contributed by atoms with Crippen LogP contribution in [0.2, 0.25) is 0 Å². The summed E-state index contributed by atoms with van der Waals surface area (Å²) in [7, 11) is 0. The van der Waals surface area contributed by atoms with Gasteiger partial charge < -0.3 is 18.7 Å². The van der Waals surface area contributed by atoms with Gasteiger partial charge >= 0.3 is 11.7 Å². The van der Waals surface area contributed by atoms with Crippen molar-refractivity contribution in [3.8, 4) is 22.9 Å². The van der Waals surface area contributed by atoms with Crippen LogP contribution in [0.4, 0.5) is 5.69 Å². The van der Waals surface area contributed by atoms with E-state index in [1.165, 1.54) is 18.2 Å². The smallest absolute Gasteiger partial charge is 0.344 e. The minimum Gasteiger partial charge on any atom is -0.493 e. The van der Waals surface area contributed by atoms with Gasteiger partial charge in [-0.3, -0.25) is 10.1 Å². The van der Waals surface area contributed by atoms with Gasteiger partial charge in [-0.05, 0) is 25.1 Å². The number of carbonyl (C=O) groups is 1. The Kier molecular flexibility index (Phi) is 6.36. The van der Waals surface area contributed by atoms with Gasteiger partial charge in [-0.1, -0.05) is 29.4 Å². The molecule has 0 spiro atoms. The first-order valence-electron chi connectivity index (χ1n) is 8.65. The van der Waals surface area contributed by atoms with Crippen LogP contribution < -0.4 is 9.47 Å². The maximum Gasteiger partial charge on any atom is 0.344 e. The number of carbonyl (C=O) groups excluding carboxylic acids is 1. The Morgan fingerprint density at radius 3 is 2.59 bits per heavy atom. The molecular formula is C19H17N3O7. The van der Waals surface area contributed by atoms with Crippen LogP contribution in [0.3, 0.4) is 0 Å². The van der Waals surface area contributed by atoms with E-state index in [2.05, 4.69) is 10.1 Å². The lowest BCUT2D eigenvalue weighted by atomic mass is 10.2. The highest BCUT2D eigenvalue weighted by molar-refractivity contribution is 5.71. The van der Waals surface area contributed by atoms with E-state index in [1.807, 2.05) is 19.1 Å². The van der Waals surface area contributed by atoms with Crippen molar-refractivity contribution < 1.29 is 28.5 Å². The van der Waals surface area contributed by atoms with Gasteiger partial charge in [0.2, 0.25) is 5.82 Å². The molecule has 0 atom stereocenters. The lowest BCUT2D eigenvalue weighted by Crippen LogP contribution is -2.15. The third-order valence-electron chi connectivity index (χ3n) is 3.66. The number of rotatable bonds is 9. The molecule has 1 heterocycles. The number of hydrogen-bond donors (Lipinski definition) is 0. The summed E-state index contributed by atoms with van der Waals surface area (Å²) in [5.74, 6) is 0.235. The predicted molar refractivity (Wildman–Crippen MR) is 99.3 cm³/mol. The zero-order chi connectivity index (χ0) is 20.6. The molecule has 0 N–H and O–H groups in total. The molecule has 10 heteroatoms. The molecule has 0 bridgehead atoms. The van der Waals surface area contributed by atoms with Gasteiger partial charge in [0.05, 0.1) is 17.1 Å². The fourth-order valence-electron chi connectivity index (χ4n) is 2.41. The van der Waals surface area contributed by atoms with Crippen molar-refractivity contribution in [1.29, 1.82) is 0 Å². The first-order chi connectivity index (χ1) is 14.1. The lowest BCUT2D eigenvalue weighted by Gasteiger charge is -2.06. The van der Waals surface area contributed by atoms with Crippen molar-refractivity contribution in [3.63, 3.8) is 0 Å². The number of esters is 1. The highest BCUT2D eigenvalue weighted by atomic mass is 16.6. The summed E-state index contributed by atoms with van der Waals surface area (Å²) in [6.07, 6.45) is 0. The van der Waals surface area contributed by atoms with Crippen molar-refractivity contribution in [2.24, 2.45) is 0 Å². The molecule has 2 aromatic carbocycles. The number of ether oxygens (including phenoxy) is 3. The van der Waals surface area contributed by atoms with E-state index in [1.54, 1.807) is 18.2 Å². The van der Waals surface area contributed by atoms with Gasteiger partial charge in [-0.15, -0.1) is 0 Å². The molecule has 3 rings (SSSR count). The largest absolute Gasteiger partial charge is 0.493 e. The van der Waals surface area contributed by atoms with Crippen molar-refractivity contribution in [3.05, 3.63) is 64.5 Å². The third kappa shape index (κ3) is 5.06. The van der Waals surface area contributed by atoms with Crippen molar-refractivity contribution >= 4 is 11.7 Å². The molecule has 3 aromatic rings. The number of benzene rings is 2. The predicted octanol–water partition coefficient (Wildman–Crippen LogP) is 3.17. The van der Waals surface area contributed by atoms with E-state index in [4.69, 9.17) is 18.7 Å². The van der Waals surface area contributed by atoms with Crippen LogP contribution in [0.15, 0.2) is 53.1 Å².